The summed E-state index contributed by atoms with van der Waals surface area (Å²) in [5.74, 6) is 0.143. The third-order valence-corrected chi connectivity index (χ3v) is 7.57. The largest absolute Gasteiger partial charge is 0.497 e. The fourth-order valence-electron chi connectivity index (χ4n) is 5.34. The highest BCUT2D eigenvalue weighted by Crippen LogP contribution is 2.45. The van der Waals surface area contributed by atoms with Crippen LogP contribution in [0.3, 0.4) is 0 Å². The molecule has 1 saturated heterocycles. The summed E-state index contributed by atoms with van der Waals surface area (Å²) in [5.41, 5.74) is 3.95. The van der Waals surface area contributed by atoms with Crippen molar-refractivity contribution >= 4 is 46.3 Å². The third-order valence-electron chi connectivity index (χ3n) is 6.66. The van der Waals surface area contributed by atoms with E-state index in [1.807, 2.05) is 6.07 Å². The van der Waals surface area contributed by atoms with Gasteiger partial charge in [0.15, 0.2) is 0 Å². The Balaban J connectivity index is 1.50. The van der Waals surface area contributed by atoms with Gasteiger partial charge in [-0.1, -0.05) is 13.0 Å². The smallest absolute Gasteiger partial charge is 0.294 e. The van der Waals surface area contributed by atoms with Crippen LogP contribution in [0, 0.1) is 0 Å². The Bertz CT molecular complexity index is 1220. The standard InChI is InChI=1S/C28H33N3O4S/c1-17(2)31-23-12-7-19(13-22(23)18(3)15-28(31,4)5)14-24-26(33)30(27(34)36-24)16-25(32)29-20-8-10-21(35-6)11-9-20/h7-14,17-18H,15-16H2,1-6H3,(H,29,32)/b24-14-. The molecular weight excluding hydrogens is 474 g/mol. The molecule has 0 aromatic heterocycles. The maximum absolute atomic E-state index is 13.0. The lowest BCUT2D eigenvalue weighted by Crippen LogP contribution is -2.51. The minimum absolute atomic E-state index is 0.0527. The molecule has 7 nitrogen and oxygen atoms in total. The lowest BCUT2D eigenvalue weighted by atomic mass is 9.79. The summed E-state index contributed by atoms with van der Waals surface area (Å²) in [5, 5.41) is 2.26. The van der Waals surface area contributed by atoms with Crippen molar-refractivity contribution in [3.05, 3.63) is 58.5 Å². The molecule has 3 amide bonds. The zero-order chi connectivity index (χ0) is 26.2. The predicted molar refractivity (Wildman–Crippen MR) is 145 cm³/mol. The maximum atomic E-state index is 13.0. The number of benzene rings is 2. The van der Waals surface area contributed by atoms with Crippen LogP contribution in [0.5, 0.6) is 5.75 Å². The zero-order valence-corrected chi connectivity index (χ0v) is 22.4. The number of methoxy groups -OCH3 is 1. The number of nitrogens with one attached hydrogen (secondary N) is 1. The number of hydrogen-bond acceptors (Lipinski definition) is 6. The van der Waals surface area contributed by atoms with Gasteiger partial charge in [0.1, 0.15) is 12.3 Å². The second-order valence-corrected chi connectivity index (χ2v) is 11.2. The average molecular weight is 508 g/mol. The van der Waals surface area contributed by atoms with Crippen LogP contribution >= 0.6 is 11.8 Å². The molecule has 2 aromatic carbocycles. The summed E-state index contributed by atoms with van der Waals surface area (Å²) in [6.45, 7) is 10.9. The molecule has 1 N–H and O–H groups in total. The normalized spacial score (nSPS) is 20.2. The first kappa shape index (κ1) is 25.8. The number of anilines is 2. The molecule has 0 spiro atoms. The molecule has 2 heterocycles. The van der Waals surface area contributed by atoms with Crippen molar-refractivity contribution in [3.8, 4) is 5.75 Å². The number of hydrogen-bond donors (Lipinski definition) is 1. The van der Waals surface area contributed by atoms with Crippen molar-refractivity contribution in [1.82, 2.24) is 4.90 Å². The van der Waals surface area contributed by atoms with Gasteiger partial charge in [-0.25, -0.2) is 0 Å². The molecule has 0 radical (unpaired) electrons. The van der Waals surface area contributed by atoms with E-state index >= 15 is 0 Å². The first-order chi connectivity index (χ1) is 17.0. The molecule has 0 saturated carbocycles. The highest BCUT2D eigenvalue weighted by molar-refractivity contribution is 8.18. The number of ether oxygens (including phenoxy) is 1. The van der Waals surface area contributed by atoms with E-state index in [9.17, 15) is 14.4 Å². The van der Waals surface area contributed by atoms with Gasteiger partial charge in [-0.15, -0.1) is 0 Å². The van der Waals surface area contributed by atoms with E-state index in [2.05, 4.69) is 57.0 Å². The van der Waals surface area contributed by atoms with Crippen molar-refractivity contribution < 1.29 is 19.1 Å². The first-order valence-electron chi connectivity index (χ1n) is 12.1. The lowest BCUT2D eigenvalue weighted by molar-refractivity contribution is -0.127. The Morgan fingerprint density at radius 3 is 2.53 bits per heavy atom. The fraction of sp³-hybridized carbons (Fsp3) is 0.393. The Labute approximate surface area is 216 Å². The molecule has 0 bridgehead atoms. The number of nitrogens with zero attached hydrogens (tertiary/aromatic N) is 2. The second kappa shape index (κ2) is 10.0. The molecular formula is C28H33N3O4S. The zero-order valence-electron chi connectivity index (χ0n) is 21.6. The Kier molecular flexibility index (Phi) is 7.18. The van der Waals surface area contributed by atoms with Crippen LogP contribution in [0.1, 0.15) is 58.1 Å². The van der Waals surface area contributed by atoms with Crippen LogP contribution in [0.25, 0.3) is 6.08 Å². The molecule has 1 fully saturated rings. The number of carbonyl (C=O) groups is 3. The van der Waals surface area contributed by atoms with Crippen molar-refractivity contribution in [2.45, 2.75) is 58.5 Å². The predicted octanol–water partition coefficient (Wildman–Crippen LogP) is 5.87. The molecule has 36 heavy (non-hydrogen) atoms. The molecule has 2 aliphatic heterocycles. The topological polar surface area (TPSA) is 79.0 Å². The van der Waals surface area contributed by atoms with Crippen LogP contribution in [-0.4, -0.2) is 47.2 Å². The number of imide groups is 1. The number of carbonyl (C=O) groups excluding carboxylic acids is 3. The van der Waals surface area contributed by atoms with E-state index in [4.69, 9.17) is 4.74 Å². The maximum Gasteiger partial charge on any atom is 0.294 e. The Hall–Kier alpha value is -3.26. The Morgan fingerprint density at radius 2 is 1.89 bits per heavy atom. The summed E-state index contributed by atoms with van der Waals surface area (Å²) >= 11 is 0.865. The van der Waals surface area contributed by atoms with E-state index in [1.165, 1.54) is 11.3 Å². The molecule has 8 heteroatoms. The van der Waals surface area contributed by atoms with Gasteiger partial charge in [-0.2, -0.15) is 0 Å². The third kappa shape index (κ3) is 5.14. The summed E-state index contributed by atoms with van der Waals surface area (Å²) < 4.78 is 5.11. The van der Waals surface area contributed by atoms with Gasteiger partial charge in [0.05, 0.1) is 12.0 Å². The molecule has 1 atom stereocenters. The minimum atomic E-state index is -0.453. The monoisotopic (exact) mass is 507 g/mol. The number of fused-ring (bicyclic) bond motifs is 1. The second-order valence-electron chi connectivity index (χ2n) is 10.2. The Morgan fingerprint density at radius 1 is 1.19 bits per heavy atom. The van der Waals surface area contributed by atoms with Gasteiger partial charge >= 0.3 is 0 Å². The lowest BCUT2D eigenvalue weighted by Gasteiger charge is -2.50. The molecule has 0 aliphatic carbocycles. The summed E-state index contributed by atoms with van der Waals surface area (Å²) in [6, 6.07) is 13.4. The molecule has 2 aromatic rings. The molecule has 1 unspecified atom stereocenters. The van der Waals surface area contributed by atoms with Crippen LogP contribution in [0.4, 0.5) is 16.2 Å². The summed E-state index contributed by atoms with van der Waals surface area (Å²) in [4.78, 5) is 41.8. The van der Waals surface area contributed by atoms with Gasteiger partial charge in [-0.3, -0.25) is 19.3 Å². The van der Waals surface area contributed by atoms with Gasteiger partial charge in [0, 0.05) is 23.0 Å². The summed E-state index contributed by atoms with van der Waals surface area (Å²) in [7, 11) is 1.56. The van der Waals surface area contributed by atoms with E-state index < -0.39 is 17.1 Å². The van der Waals surface area contributed by atoms with Crippen molar-refractivity contribution in [2.75, 3.05) is 23.9 Å². The number of amides is 3. The summed E-state index contributed by atoms with van der Waals surface area (Å²) in [6.07, 6.45) is 2.78. The number of thioether (sulfide) groups is 1. The number of rotatable bonds is 6. The van der Waals surface area contributed by atoms with Gasteiger partial charge in [0.25, 0.3) is 11.1 Å². The molecule has 2 aliphatic rings. The fourth-order valence-corrected chi connectivity index (χ4v) is 6.18. The quantitative estimate of drug-likeness (QED) is 0.493. The van der Waals surface area contributed by atoms with Crippen molar-refractivity contribution in [1.29, 1.82) is 0 Å². The highest BCUT2D eigenvalue weighted by atomic mass is 32.2. The van der Waals surface area contributed by atoms with E-state index in [1.54, 1.807) is 37.5 Å². The van der Waals surface area contributed by atoms with Crippen LogP contribution in [-0.2, 0) is 9.59 Å². The SMILES string of the molecule is COc1ccc(NC(=O)CN2C(=O)S/C(=C\c3ccc4c(c3)C(C)CC(C)(C)N4C(C)C)C2=O)cc1. The van der Waals surface area contributed by atoms with E-state index in [0.29, 0.717) is 28.3 Å². The van der Waals surface area contributed by atoms with Crippen molar-refractivity contribution in [3.63, 3.8) is 0 Å². The van der Waals surface area contributed by atoms with Crippen LogP contribution in [0.15, 0.2) is 47.4 Å². The van der Waals surface area contributed by atoms with Crippen LogP contribution < -0.4 is 15.0 Å². The average Bonchev–Trinajstić information content (AvgIpc) is 3.06. The highest BCUT2D eigenvalue weighted by Gasteiger charge is 2.38. The van der Waals surface area contributed by atoms with Crippen LogP contribution in [0.2, 0.25) is 0 Å². The van der Waals surface area contributed by atoms with Crippen molar-refractivity contribution in [2.24, 2.45) is 0 Å². The molecule has 190 valence electrons. The van der Waals surface area contributed by atoms with Gasteiger partial charge in [-0.05, 0) is 105 Å². The minimum Gasteiger partial charge on any atom is -0.497 e. The van der Waals surface area contributed by atoms with E-state index in [-0.39, 0.29) is 12.1 Å². The molecule has 4 rings (SSSR count). The van der Waals surface area contributed by atoms with Gasteiger partial charge < -0.3 is 15.0 Å². The first-order valence-corrected chi connectivity index (χ1v) is 12.9. The van der Waals surface area contributed by atoms with Gasteiger partial charge in [0.2, 0.25) is 5.91 Å². The van der Waals surface area contributed by atoms with E-state index in [0.717, 1.165) is 28.6 Å².